The molecule has 0 radical (unpaired) electrons. The lowest BCUT2D eigenvalue weighted by Crippen LogP contribution is -2.28. The smallest absolute Gasteiger partial charge is 0.401 e. The van der Waals surface area contributed by atoms with E-state index >= 15 is 0 Å². The van der Waals surface area contributed by atoms with E-state index in [9.17, 15) is 13.2 Å². The first-order valence-electron chi connectivity index (χ1n) is 5.23. The summed E-state index contributed by atoms with van der Waals surface area (Å²) in [6, 6.07) is 3.26. The standard InChI is InChI=1S/C11H12F3NO3/c1-16-8-2-7(4-15-5-11(12,13)14)3-9-10(8)18-6-17-9/h2-3,15H,4-6H2,1H3. The second kappa shape index (κ2) is 4.93. The number of nitrogens with one attached hydrogen (secondary N) is 1. The van der Waals surface area contributed by atoms with Gasteiger partial charge in [0, 0.05) is 6.54 Å². The van der Waals surface area contributed by atoms with Crippen LogP contribution < -0.4 is 19.5 Å². The van der Waals surface area contributed by atoms with Gasteiger partial charge in [-0.1, -0.05) is 0 Å². The number of hydrogen-bond donors (Lipinski definition) is 1. The summed E-state index contributed by atoms with van der Waals surface area (Å²) in [5, 5.41) is 2.31. The number of halogens is 3. The van der Waals surface area contributed by atoms with E-state index in [4.69, 9.17) is 14.2 Å². The van der Waals surface area contributed by atoms with Crippen molar-refractivity contribution in [1.29, 1.82) is 0 Å². The molecule has 4 nitrogen and oxygen atoms in total. The van der Waals surface area contributed by atoms with Crippen LogP contribution in [0.25, 0.3) is 0 Å². The lowest BCUT2D eigenvalue weighted by Gasteiger charge is -2.10. The van der Waals surface area contributed by atoms with Gasteiger partial charge < -0.3 is 19.5 Å². The maximum atomic E-state index is 12.0. The number of alkyl halides is 3. The average Bonchev–Trinajstić information content (AvgIpc) is 2.74. The molecule has 0 aliphatic carbocycles. The van der Waals surface area contributed by atoms with Gasteiger partial charge in [-0.25, -0.2) is 0 Å². The molecule has 0 fully saturated rings. The number of methoxy groups -OCH3 is 1. The minimum absolute atomic E-state index is 0.0759. The minimum Gasteiger partial charge on any atom is -0.493 e. The van der Waals surface area contributed by atoms with Crippen LogP contribution in [0.5, 0.6) is 17.2 Å². The highest BCUT2D eigenvalue weighted by Gasteiger charge is 2.26. The summed E-state index contributed by atoms with van der Waals surface area (Å²) in [6.45, 7) is -0.874. The first-order valence-corrected chi connectivity index (χ1v) is 5.23. The second-order valence-electron chi connectivity index (χ2n) is 3.75. The third kappa shape index (κ3) is 2.98. The minimum atomic E-state index is -4.22. The molecule has 1 heterocycles. The van der Waals surface area contributed by atoms with Gasteiger partial charge in [-0.3, -0.25) is 0 Å². The molecule has 2 rings (SSSR count). The van der Waals surface area contributed by atoms with Crippen molar-refractivity contribution >= 4 is 0 Å². The van der Waals surface area contributed by atoms with Crippen molar-refractivity contribution in [2.75, 3.05) is 20.4 Å². The van der Waals surface area contributed by atoms with Crippen molar-refractivity contribution in [2.45, 2.75) is 12.7 Å². The fourth-order valence-electron chi connectivity index (χ4n) is 1.63. The van der Waals surface area contributed by atoms with E-state index in [1.165, 1.54) is 7.11 Å². The first kappa shape index (κ1) is 12.8. The molecule has 1 aromatic rings. The normalized spacial score (nSPS) is 13.8. The fraction of sp³-hybridized carbons (Fsp3) is 0.455. The summed E-state index contributed by atoms with van der Waals surface area (Å²) in [7, 11) is 1.46. The van der Waals surface area contributed by atoms with Crippen LogP contribution in [0.1, 0.15) is 5.56 Å². The Kier molecular flexibility index (Phi) is 3.51. The van der Waals surface area contributed by atoms with Crippen LogP contribution in [0.4, 0.5) is 13.2 Å². The van der Waals surface area contributed by atoms with Crippen LogP contribution >= 0.6 is 0 Å². The Labute approximate surface area is 102 Å². The number of fused-ring (bicyclic) bond motifs is 1. The monoisotopic (exact) mass is 263 g/mol. The molecule has 0 unspecified atom stereocenters. The van der Waals surface area contributed by atoms with Crippen LogP contribution in [0.3, 0.4) is 0 Å². The molecule has 0 atom stereocenters. The largest absolute Gasteiger partial charge is 0.493 e. The lowest BCUT2D eigenvalue weighted by molar-refractivity contribution is -0.125. The Hall–Kier alpha value is -1.63. The Morgan fingerprint density at radius 3 is 2.78 bits per heavy atom. The molecule has 1 aliphatic heterocycles. The molecule has 0 spiro atoms. The Bertz CT molecular complexity index is 434. The van der Waals surface area contributed by atoms with E-state index in [0.717, 1.165) is 0 Å². The quantitative estimate of drug-likeness (QED) is 0.902. The van der Waals surface area contributed by atoms with Crippen LogP contribution in [0.15, 0.2) is 12.1 Å². The van der Waals surface area contributed by atoms with Crippen molar-refractivity contribution in [3.8, 4) is 17.2 Å². The molecular formula is C11H12F3NO3. The van der Waals surface area contributed by atoms with Gasteiger partial charge in [0.25, 0.3) is 0 Å². The van der Waals surface area contributed by atoms with E-state index in [2.05, 4.69) is 5.32 Å². The Morgan fingerprint density at radius 2 is 2.11 bits per heavy atom. The first-order chi connectivity index (χ1) is 8.49. The van der Waals surface area contributed by atoms with E-state index in [-0.39, 0.29) is 13.3 Å². The second-order valence-corrected chi connectivity index (χ2v) is 3.75. The number of ether oxygens (including phenoxy) is 3. The number of hydrogen-bond acceptors (Lipinski definition) is 4. The summed E-state index contributed by atoms with van der Waals surface area (Å²) in [5.41, 5.74) is 0.639. The van der Waals surface area contributed by atoms with Gasteiger partial charge in [-0.15, -0.1) is 0 Å². The molecule has 0 saturated heterocycles. The van der Waals surface area contributed by atoms with Crippen LogP contribution in [0.2, 0.25) is 0 Å². The highest BCUT2D eigenvalue weighted by Crippen LogP contribution is 2.41. The van der Waals surface area contributed by atoms with Crippen molar-refractivity contribution in [3.05, 3.63) is 17.7 Å². The molecule has 1 aromatic carbocycles. The van der Waals surface area contributed by atoms with Crippen LogP contribution in [-0.2, 0) is 6.54 Å². The molecule has 100 valence electrons. The molecule has 18 heavy (non-hydrogen) atoms. The molecular weight excluding hydrogens is 251 g/mol. The Morgan fingerprint density at radius 1 is 1.33 bits per heavy atom. The summed E-state index contributed by atoms with van der Waals surface area (Å²) in [6.07, 6.45) is -4.22. The molecule has 7 heteroatoms. The Balaban J connectivity index is 2.05. The van der Waals surface area contributed by atoms with Crippen LogP contribution in [0, 0.1) is 0 Å². The van der Waals surface area contributed by atoms with Crippen molar-refractivity contribution in [1.82, 2.24) is 5.32 Å². The third-order valence-electron chi connectivity index (χ3n) is 2.37. The van der Waals surface area contributed by atoms with Crippen molar-refractivity contribution in [3.63, 3.8) is 0 Å². The molecule has 1 N–H and O–H groups in total. The highest BCUT2D eigenvalue weighted by molar-refractivity contribution is 5.55. The summed E-state index contributed by atoms with van der Waals surface area (Å²) >= 11 is 0. The maximum Gasteiger partial charge on any atom is 0.401 e. The molecule has 0 aromatic heterocycles. The van der Waals surface area contributed by atoms with Gasteiger partial charge in [0.05, 0.1) is 13.7 Å². The molecule has 0 amide bonds. The van der Waals surface area contributed by atoms with Gasteiger partial charge in [0.1, 0.15) is 0 Å². The zero-order chi connectivity index (χ0) is 13.2. The lowest BCUT2D eigenvalue weighted by atomic mass is 10.2. The van der Waals surface area contributed by atoms with E-state index < -0.39 is 12.7 Å². The molecule has 0 bridgehead atoms. The molecule has 0 saturated carbocycles. The summed E-state index contributed by atoms with van der Waals surface area (Å²) in [4.78, 5) is 0. The number of rotatable bonds is 4. The predicted octanol–water partition coefficient (Wildman–Crippen LogP) is 2.08. The van der Waals surface area contributed by atoms with Gasteiger partial charge in [-0.2, -0.15) is 13.2 Å². The van der Waals surface area contributed by atoms with Gasteiger partial charge in [-0.05, 0) is 17.7 Å². The summed E-state index contributed by atoms with van der Waals surface area (Å²) < 4.78 is 51.4. The zero-order valence-corrected chi connectivity index (χ0v) is 9.63. The van der Waals surface area contributed by atoms with Gasteiger partial charge >= 0.3 is 6.18 Å². The van der Waals surface area contributed by atoms with Gasteiger partial charge in [0.15, 0.2) is 11.5 Å². The highest BCUT2D eigenvalue weighted by atomic mass is 19.4. The maximum absolute atomic E-state index is 12.0. The average molecular weight is 263 g/mol. The van der Waals surface area contributed by atoms with Crippen LogP contribution in [-0.4, -0.2) is 26.6 Å². The topological polar surface area (TPSA) is 39.7 Å². The van der Waals surface area contributed by atoms with Crippen molar-refractivity contribution in [2.24, 2.45) is 0 Å². The fourth-order valence-corrected chi connectivity index (χ4v) is 1.63. The summed E-state index contributed by atoms with van der Waals surface area (Å²) in [5.74, 6) is 1.42. The number of benzene rings is 1. The van der Waals surface area contributed by atoms with E-state index in [0.29, 0.717) is 22.8 Å². The van der Waals surface area contributed by atoms with Crippen molar-refractivity contribution < 1.29 is 27.4 Å². The third-order valence-corrected chi connectivity index (χ3v) is 2.37. The van der Waals surface area contributed by atoms with E-state index in [1.807, 2.05) is 0 Å². The van der Waals surface area contributed by atoms with Gasteiger partial charge in [0.2, 0.25) is 12.5 Å². The molecule has 1 aliphatic rings. The van der Waals surface area contributed by atoms with E-state index in [1.54, 1.807) is 12.1 Å². The SMILES string of the molecule is COc1cc(CNCC(F)(F)F)cc2c1OCO2. The zero-order valence-electron chi connectivity index (χ0n) is 9.63. The predicted molar refractivity (Wildman–Crippen MR) is 56.9 cm³/mol.